The highest BCUT2D eigenvalue weighted by Crippen LogP contribution is 2.65. The van der Waals surface area contributed by atoms with E-state index in [0.717, 1.165) is 22.2 Å². The fourth-order valence-corrected chi connectivity index (χ4v) is 9.01. The molecule has 1 saturated carbocycles. The number of rotatable bonds is 5. The number of hydrazine groups is 1. The van der Waals surface area contributed by atoms with Crippen molar-refractivity contribution in [3.05, 3.63) is 136 Å². The van der Waals surface area contributed by atoms with E-state index in [4.69, 9.17) is 11.6 Å². The van der Waals surface area contributed by atoms with Crippen LogP contribution in [-0.4, -0.2) is 33.7 Å². The van der Waals surface area contributed by atoms with Gasteiger partial charge in [-0.25, -0.2) is 9.29 Å². The molecule has 50 heavy (non-hydrogen) atoms. The van der Waals surface area contributed by atoms with E-state index in [-0.39, 0.29) is 24.3 Å². The van der Waals surface area contributed by atoms with E-state index in [1.165, 1.54) is 11.0 Å². The van der Waals surface area contributed by atoms with Gasteiger partial charge >= 0.3 is 0 Å². The number of phenolic OH excluding ortho intramolecular Hbond substituents is 1. The van der Waals surface area contributed by atoms with Gasteiger partial charge in [-0.2, -0.15) is 5.01 Å². The lowest BCUT2D eigenvalue weighted by atomic mass is 9.49. The van der Waals surface area contributed by atoms with Gasteiger partial charge in [-0.05, 0) is 74.1 Å². The zero-order valence-corrected chi connectivity index (χ0v) is 28.0. The van der Waals surface area contributed by atoms with Gasteiger partial charge in [0.1, 0.15) is 0 Å². The first-order valence-electron chi connectivity index (χ1n) is 16.6. The summed E-state index contributed by atoms with van der Waals surface area (Å²) in [5.41, 5.74) is 5.36. The zero-order chi connectivity index (χ0) is 35.1. The van der Waals surface area contributed by atoms with Crippen molar-refractivity contribution in [3.63, 3.8) is 0 Å². The Morgan fingerprint density at radius 1 is 0.860 bits per heavy atom. The van der Waals surface area contributed by atoms with E-state index in [2.05, 4.69) is 5.43 Å². The van der Waals surface area contributed by atoms with Crippen LogP contribution in [0.25, 0.3) is 0 Å². The molecule has 0 spiro atoms. The summed E-state index contributed by atoms with van der Waals surface area (Å²) in [6.45, 7) is 3.76. The molecule has 6 unspecified atom stereocenters. The maximum atomic E-state index is 15.3. The number of imide groups is 2. The third kappa shape index (κ3) is 4.49. The second-order valence-corrected chi connectivity index (χ2v) is 14.1. The predicted molar refractivity (Wildman–Crippen MR) is 186 cm³/mol. The second-order valence-electron chi connectivity index (χ2n) is 13.7. The number of anilines is 2. The third-order valence-electron chi connectivity index (χ3n) is 11.1. The smallest absolute Gasteiger partial charge is 0.260 e. The Hall–Kier alpha value is -5.28. The van der Waals surface area contributed by atoms with Crippen molar-refractivity contribution in [3.8, 4) is 5.75 Å². The normalized spacial score (nSPS) is 27.2. The monoisotopic (exact) mass is 689 g/mol. The number of hydrogen-bond donors (Lipinski definition) is 2. The first-order chi connectivity index (χ1) is 24.0. The van der Waals surface area contributed by atoms with E-state index in [1.54, 1.807) is 66.7 Å². The molecule has 2 N–H and O–H groups in total. The zero-order valence-electron chi connectivity index (χ0n) is 27.3. The lowest BCUT2D eigenvalue weighted by molar-refractivity contribution is -0.138. The molecule has 6 atom stereocenters. The Balaban J connectivity index is 1.32. The first-order valence-corrected chi connectivity index (χ1v) is 17.0. The predicted octanol–water partition coefficient (Wildman–Crippen LogP) is 6.99. The molecule has 2 aliphatic carbocycles. The molecule has 0 bridgehead atoms. The van der Waals surface area contributed by atoms with Crippen LogP contribution in [0.5, 0.6) is 5.75 Å². The molecule has 8 nitrogen and oxygen atoms in total. The molecule has 0 aromatic heterocycles. The summed E-state index contributed by atoms with van der Waals surface area (Å²) in [5, 5.41) is 12.8. The van der Waals surface area contributed by atoms with E-state index >= 15 is 9.18 Å². The molecule has 4 amide bonds. The number of hydrogen-bond acceptors (Lipinski definition) is 6. The number of amides is 4. The number of fused-ring (bicyclic) bond motifs is 4. The molecule has 3 fully saturated rings. The van der Waals surface area contributed by atoms with Gasteiger partial charge < -0.3 is 5.11 Å². The van der Waals surface area contributed by atoms with Gasteiger partial charge in [0, 0.05) is 16.5 Å². The van der Waals surface area contributed by atoms with Crippen molar-refractivity contribution >= 4 is 46.6 Å². The van der Waals surface area contributed by atoms with E-state index < -0.39 is 64.3 Å². The van der Waals surface area contributed by atoms with Crippen LogP contribution in [0.1, 0.15) is 41.0 Å². The quantitative estimate of drug-likeness (QED) is 0.173. The van der Waals surface area contributed by atoms with Crippen LogP contribution in [0.15, 0.2) is 103 Å². The summed E-state index contributed by atoms with van der Waals surface area (Å²) in [6, 6.07) is 25.4. The van der Waals surface area contributed by atoms with E-state index in [1.807, 2.05) is 32.1 Å². The SMILES string of the molecule is Cc1ccc(NN2C(=O)C3CC4C(=CCC5C(=O)N(c6ccc(C)c(Cl)c6)C(=O)C54)C(c4cccc(F)c4O)C3(c3ccccc3)C2=O)cc1. The van der Waals surface area contributed by atoms with Crippen molar-refractivity contribution in [2.24, 2.45) is 23.7 Å². The average molecular weight is 690 g/mol. The molecule has 4 aromatic carbocycles. The number of nitrogens with one attached hydrogen (secondary N) is 1. The van der Waals surface area contributed by atoms with Crippen molar-refractivity contribution < 1.29 is 28.7 Å². The number of nitrogens with zero attached hydrogens (tertiary/aromatic N) is 2. The number of halogens is 2. The summed E-state index contributed by atoms with van der Waals surface area (Å²) >= 11 is 6.42. The van der Waals surface area contributed by atoms with Gasteiger partial charge in [-0.15, -0.1) is 0 Å². The molecular formula is C40H33ClFN3O5. The molecule has 2 saturated heterocycles. The number of benzene rings is 4. The number of aryl methyl sites for hydroxylation is 2. The Morgan fingerprint density at radius 3 is 2.32 bits per heavy atom. The fourth-order valence-electron chi connectivity index (χ4n) is 8.83. The van der Waals surface area contributed by atoms with Gasteiger partial charge in [0.15, 0.2) is 11.6 Å². The minimum Gasteiger partial charge on any atom is -0.505 e. The van der Waals surface area contributed by atoms with Crippen LogP contribution in [0.2, 0.25) is 5.02 Å². The molecule has 4 aliphatic rings. The highest BCUT2D eigenvalue weighted by Gasteiger charge is 2.70. The molecule has 0 radical (unpaired) electrons. The highest BCUT2D eigenvalue weighted by atomic mass is 35.5. The first kappa shape index (κ1) is 32.0. The summed E-state index contributed by atoms with van der Waals surface area (Å²) < 4.78 is 15.3. The number of carbonyl (C=O) groups excluding carboxylic acids is 4. The van der Waals surface area contributed by atoms with Crippen LogP contribution in [0, 0.1) is 43.3 Å². The molecule has 252 valence electrons. The van der Waals surface area contributed by atoms with Gasteiger partial charge in [-0.1, -0.05) is 89.5 Å². The molecule has 8 rings (SSSR count). The van der Waals surface area contributed by atoms with Crippen LogP contribution < -0.4 is 10.3 Å². The van der Waals surface area contributed by atoms with Crippen LogP contribution in [-0.2, 0) is 24.6 Å². The maximum Gasteiger partial charge on any atom is 0.260 e. The van der Waals surface area contributed by atoms with Crippen LogP contribution >= 0.6 is 11.6 Å². The fraction of sp³-hybridized carbons (Fsp3) is 0.250. The molecule has 2 heterocycles. The van der Waals surface area contributed by atoms with Gasteiger partial charge in [0.05, 0.1) is 34.5 Å². The van der Waals surface area contributed by atoms with E-state index in [9.17, 15) is 19.5 Å². The Morgan fingerprint density at radius 2 is 1.60 bits per heavy atom. The number of para-hydroxylation sites is 1. The molecular weight excluding hydrogens is 657 g/mol. The summed E-state index contributed by atoms with van der Waals surface area (Å²) in [6.07, 6.45) is 2.13. The minimum absolute atomic E-state index is 0.0760. The van der Waals surface area contributed by atoms with Crippen LogP contribution in [0.4, 0.5) is 15.8 Å². The number of carbonyl (C=O) groups is 4. The van der Waals surface area contributed by atoms with Crippen molar-refractivity contribution in [1.29, 1.82) is 0 Å². The highest BCUT2D eigenvalue weighted by molar-refractivity contribution is 6.32. The van der Waals surface area contributed by atoms with E-state index in [0.29, 0.717) is 27.5 Å². The lowest BCUT2D eigenvalue weighted by Gasteiger charge is -2.50. The number of aromatic hydroxyl groups is 1. The second kappa shape index (κ2) is 11.7. The maximum absolute atomic E-state index is 15.3. The molecule has 2 aliphatic heterocycles. The Kier molecular flexibility index (Phi) is 7.45. The van der Waals surface area contributed by atoms with Gasteiger partial charge in [0.2, 0.25) is 11.8 Å². The van der Waals surface area contributed by atoms with Crippen LogP contribution in [0.3, 0.4) is 0 Å². The summed E-state index contributed by atoms with van der Waals surface area (Å²) in [4.78, 5) is 59.4. The Labute approximate surface area is 293 Å². The topological polar surface area (TPSA) is 107 Å². The third-order valence-corrected chi connectivity index (χ3v) is 11.5. The van der Waals surface area contributed by atoms with Crippen molar-refractivity contribution in [2.45, 2.75) is 38.0 Å². The van der Waals surface area contributed by atoms with Crippen molar-refractivity contribution in [1.82, 2.24) is 5.01 Å². The summed E-state index contributed by atoms with van der Waals surface area (Å²) in [5.74, 6) is -7.67. The minimum atomic E-state index is -1.62. The van der Waals surface area contributed by atoms with Gasteiger partial charge in [-0.3, -0.25) is 24.6 Å². The standard InChI is InChI=1S/C40H33ClFN3O5/c1-21-11-14-24(15-12-21)43-45-37(48)30-20-29-26(17-18-27-33(29)38(49)44(36(27)47)25-16-13-22(2)31(41)19-25)34(28-9-6-10-32(42)35(28)46)40(30,39(45)50)23-7-4-3-5-8-23/h3-17,19,27,29-30,33-34,43,46H,18,20H2,1-2H3. The lowest BCUT2D eigenvalue weighted by Crippen LogP contribution is -2.53. The average Bonchev–Trinajstić information content (AvgIpc) is 3.49. The number of phenols is 1. The Bertz CT molecular complexity index is 2140. The summed E-state index contributed by atoms with van der Waals surface area (Å²) in [7, 11) is 0. The molecule has 10 heteroatoms. The van der Waals surface area contributed by atoms with Gasteiger partial charge in [0.25, 0.3) is 11.8 Å². The molecule has 4 aromatic rings. The largest absolute Gasteiger partial charge is 0.505 e. The van der Waals surface area contributed by atoms with Crippen molar-refractivity contribution in [2.75, 3.05) is 10.3 Å². The number of allylic oxidation sites excluding steroid dienone is 2.